The molecule has 0 N–H and O–H groups in total. The third-order valence-corrected chi connectivity index (χ3v) is 7.43. The average molecular weight is 299 g/mol. The summed E-state index contributed by atoms with van der Waals surface area (Å²) in [6.45, 7) is 2.84. The van der Waals surface area contributed by atoms with E-state index in [1.165, 1.54) is 5.56 Å². The van der Waals surface area contributed by atoms with Crippen molar-refractivity contribution >= 4 is 9.73 Å². The Morgan fingerprint density at radius 3 is 2.33 bits per heavy atom. The van der Waals surface area contributed by atoms with Gasteiger partial charge in [-0.1, -0.05) is 48.5 Å². The van der Waals surface area contributed by atoms with Crippen molar-refractivity contribution in [3.8, 4) is 0 Å². The van der Waals surface area contributed by atoms with Crippen LogP contribution in [0.2, 0.25) is 0 Å². The molecular formula is C18H21NOS. The third-order valence-electron chi connectivity index (χ3n) is 4.29. The van der Waals surface area contributed by atoms with Crippen molar-refractivity contribution in [2.75, 3.05) is 6.54 Å². The first kappa shape index (κ1) is 14.3. The van der Waals surface area contributed by atoms with E-state index in [4.69, 9.17) is 0 Å². The van der Waals surface area contributed by atoms with Crippen LogP contribution in [0.25, 0.3) is 0 Å². The van der Waals surface area contributed by atoms with Crippen LogP contribution in [0.5, 0.6) is 0 Å². The summed E-state index contributed by atoms with van der Waals surface area (Å²) in [5, 5.41) is 0. The second-order valence-electron chi connectivity index (χ2n) is 5.91. The molecule has 3 heteroatoms. The molecule has 0 fully saturated rings. The number of benzene rings is 2. The van der Waals surface area contributed by atoms with Gasteiger partial charge in [-0.25, -0.2) is 8.57 Å². The standard InChI is InChI=1S/C18H21NOS/c1-18(15-16-9-4-2-5-10-16)13-8-14-19-21(18,20)17-11-6-3-7-12-17/h2-7,9-12H,8,13-15H2,1H3/t18-,21+/m0/s1. The Hall–Kier alpha value is -1.61. The molecule has 0 saturated carbocycles. The number of hydrogen-bond acceptors (Lipinski definition) is 2. The van der Waals surface area contributed by atoms with Gasteiger partial charge in [0, 0.05) is 11.4 Å². The molecule has 0 bridgehead atoms. The van der Waals surface area contributed by atoms with Crippen LogP contribution in [0.3, 0.4) is 0 Å². The van der Waals surface area contributed by atoms with Gasteiger partial charge in [-0.05, 0) is 43.9 Å². The molecule has 2 nitrogen and oxygen atoms in total. The van der Waals surface area contributed by atoms with Crippen molar-refractivity contribution in [3.05, 3.63) is 66.2 Å². The first-order valence-electron chi connectivity index (χ1n) is 7.46. The van der Waals surface area contributed by atoms with E-state index in [1.807, 2.05) is 48.5 Å². The SMILES string of the molecule is C[C@@]1(Cc2ccccc2)CCCN=[S@@]1(=O)c1ccccc1. The predicted octanol–water partition coefficient (Wildman–Crippen LogP) is 4.31. The Morgan fingerprint density at radius 1 is 1.05 bits per heavy atom. The highest BCUT2D eigenvalue weighted by Gasteiger charge is 2.39. The molecule has 1 heterocycles. The van der Waals surface area contributed by atoms with Crippen LogP contribution in [0, 0.1) is 0 Å². The van der Waals surface area contributed by atoms with Crippen molar-refractivity contribution in [3.63, 3.8) is 0 Å². The van der Waals surface area contributed by atoms with Crippen LogP contribution in [0.1, 0.15) is 25.3 Å². The monoisotopic (exact) mass is 299 g/mol. The van der Waals surface area contributed by atoms with E-state index >= 15 is 0 Å². The molecule has 2 aromatic rings. The maximum Gasteiger partial charge on any atom is 0.0810 e. The minimum atomic E-state index is -2.38. The fraction of sp³-hybridized carbons (Fsp3) is 0.333. The molecule has 0 saturated heterocycles. The molecule has 2 atom stereocenters. The van der Waals surface area contributed by atoms with E-state index < -0.39 is 9.73 Å². The molecule has 0 spiro atoms. The van der Waals surface area contributed by atoms with Crippen LogP contribution >= 0.6 is 0 Å². The molecule has 0 aliphatic carbocycles. The van der Waals surface area contributed by atoms with Crippen molar-refractivity contribution in [2.24, 2.45) is 4.36 Å². The van der Waals surface area contributed by atoms with Gasteiger partial charge in [0.05, 0.1) is 14.5 Å². The van der Waals surface area contributed by atoms with Crippen LogP contribution in [-0.4, -0.2) is 15.5 Å². The second kappa shape index (κ2) is 5.64. The van der Waals surface area contributed by atoms with Crippen molar-refractivity contribution in [2.45, 2.75) is 35.8 Å². The maximum atomic E-state index is 13.7. The first-order valence-corrected chi connectivity index (χ1v) is 8.97. The summed E-state index contributed by atoms with van der Waals surface area (Å²) in [6.07, 6.45) is 2.79. The lowest BCUT2D eigenvalue weighted by molar-refractivity contribution is 0.509. The molecule has 21 heavy (non-hydrogen) atoms. The molecular weight excluding hydrogens is 278 g/mol. The molecule has 110 valence electrons. The first-order chi connectivity index (χ1) is 10.1. The van der Waals surface area contributed by atoms with E-state index in [2.05, 4.69) is 23.4 Å². The fourth-order valence-corrected chi connectivity index (χ4v) is 5.84. The lowest BCUT2D eigenvalue weighted by atomic mass is 9.95. The van der Waals surface area contributed by atoms with Crippen LogP contribution in [0.4, 0.5) is 0 Å². The van der Waals surface area contributed by atoms with Crippen molar-refractivity contribution in [1.82, 2.24) is 0 Å². The van der Waals surface area contributed by atoms with E-state index in [0.29, 0.717) is 6.54 Å². The zero-order valence-corrected chi connectivity index (χ0v) is 13.2. The Bertz CT molecular complexity index is 717. The Morgan fingerprint density at radius 2 is 1.67 bits per heavy atom. The lowest BCUT2D eigenvalue weighted by Crippen LogP contribution is -2.40. The summed E-state index contributed by atoms with van der Waals surface area (Å²) < 4.78 is 18.0. The Labute approximate surface area is 127 Å². The largest absolute Gasteiger partial charge is 0.244 e. The summed E-state index contributed by atoms with van der Waals surface area (Å²) >= 11 is 0. The molecule has 1 aliphatic heterocycles. The minimum Gasteiger partial charge on any atom is -0.244 e. The second-order valence-corrected chi connectivity index (χ2v) is 8.67. The van der Waals surface area contributed by atoms with Gasteiger partial charge in [-0.15, -0.1) is 0 Å². The van der Waals surface area contributed by atoms with Gasteiger partial charge in [0.25, 0.3) is 0 Å². The normalized spacial score (nSPS) is 28.8. The van der Waals surface area contributed by atoms with Gasteiger partial charge >= 0.3 is 0 Å². The van der Waals surface area contributed by atoms with Crippen LogP contribution in [-0.2, 0) is 16.1 Å². The quantitative estimate of drug-likeness (QED) is 0.830. The highest BCUT2D eigenvalue weighted by molar-refractivity contribution is 7.95. The molecule has 0 aromatic heterocycles. The number of rotatable bonds is 3. The maximum absolute atomic E-state index is 13.7. The number of nitrogens with zero attached hydrogens (tertiary/aromatic N) is 1. The Balaban J connectivity index is 2.06. The zero-order valence-electron chi connectivity index (χ0n) is 12.4. The average Bonchev–Trinajstić information content (AvgIpc) is 2.52. The van der Waals surface area contributed by atoms with Crippen molar-refractivity contribution in [1.29, 1.82) is 0 Å². The summed E-state index contributed by atoms with van der Waals surface area (Å²) in [6, 6.07) is 20.1. The highest BCUT2D eigenvalue weighted by Crippen LogP contribution is 2.37. The lowest BCUT2D eigenvalue weighted by Gasteiger charge is -2.36. The van der Waals surface area contributed by atoms with Crippen molar-refractivity contribution < 1.29 is 4.21 Å². The highest BCUT2D eigenvalue weighted by atomic mass is 32.2. The van der Waals surface area contributed by atoms with Crippen LogP contribution in [0.15, 0.2) is 69.9 Å². The van der Waals surface area contributed by atoms with Gasteiger partial charge in [-0.2, -0.15) is 0 Å². The predicted molar refractivity (Wildman–Crippen MR) is 87.9 cm³/mol. The minimum absolute atomic E-state index is 0.298. The molecule has 0 amide bonds. The molecule has 0 unspecified atom stereocenters. The molecule has 2 aromatic carbocycles. The van der Waals surface area contributed by atoms with Gasteiger partial charge < -0.3 is 0 Å². The molecule has 1 aliphatic rings. The van der Waals surface area contributed by atoms with E-state index in [9.17, 15) is 4.21 Å². The van der Waals surface area contributed by atoms with E-state index in [-0.39, 0.29) is 4.75 Å². The van der Waals surface area contributed by atoms with Gasteiger partial charge in [0.15, 0.2) is 0 Å². The van der Waals surface area contributed by atoms with Gasteiger partial charge in [-0.3, -0.25) is 0 Å². The van der Waals surface area contributed by atoms with E-state index in [0.717, 1.165) is 24.2 Å². The summed E-state index contributed by atoms with van der Waals surface area (Å²) in [5.41, 5.74) is 1.24. The molecule has 3 rings (SSSR count). The summed E-state index contributed by atoms with van der Waals surface area (Å²) in [7, 11) is -2.38. The van der Waals surface area contributed by atoms with E-state index in [1.54, 1.807) is 0 Å². The van der Waals surface area contributed by atoms with Crippen LogP contribution < -0.4 is 0 Å². The Kier molecular flexibility index (Phi) is 3.85. The fourth-order valence-electron chi connectivity index (χ4n) is 3.12. The third kappa shape index (κ3) is 2.62. The zero-order chi connectivity index (χ0) is 14.8. The molecule has 0 radical (unpaired) electrons. The van der Waals surface area contributed by atoms with Gasteiger partial charge in [0.2, 0.25) is 0 Å². The summed E-state index contributed by atoms with van der Waals surface area (Å²) in [4.78, 5) is 0.878. The number of hydrogen-bond donors (Lipinski definition) is 0. The topological polar surface area (TPSA) is 29.4 Å². The van der Waals surface area contributed by atoms with Gasteiger partial charge in [0.1, 0.15) is 0 Å². The smallest absolute Gasteiger partial charge is 0.0810 e. The summed E-state index contributed by atoms with van der Waals surface area (Å²) in [5.74, 6) is 0.